The predicted octanol–water partition coefficient (Wildman–Crippen LogP) is 1.63. The number of nitrogens with zero attached hydrogens (tertiary/aromatic N) is 2. The number of methoxy groups -OCH3 is 1. The van der Waals surface area contributed by atoms with Crippen molar-refractivity contribution in [2.45, 2.75) is 45.7 Å². The van der Waals surface area contributed by atoms with E-state index in [4.69, 9.17) is 5.73 Å². The molecule has 0 aromatic carbocycles. The van der Waals surface area contributed by atoms with E-state index in [2.05, 4.69) is 20.9 Å². The number of hydrogen-bond acceptors (Lipinski definition) is 4. The molecular weight excluding hydrogens is 340 g/mol. The Morgan fingerprint density at radius 2 is 2.12 bits per heavy atom. The Bertz CT molecular complexity index is 542. The van der Waals surface area contributed by atoms with E-state index in [-0.39, 0.29) is 24.5 Å². The average molecular weight is 371 g/mol. The van der Waals surface area contributed by atoms with Gasteiger partial charge >= 0.3 is 6.09 Å². The van der Waals surface area contributed by atoms with E-state index in [1.807, 2.05) is 38.3 Å². The average Bonchev–Trinajstić information content (AvgIpc) is 2.61. The molecule has 0 bridgehead atoms. The molecule has 2 amide bonds. The van der Waals surface area contributed by atoms with Crippen molar-refractivity contribution < 1.29 is 14.3 Å². The maximum atomic E-state index is 12.4. The lowest BCUT2D eigenvalue weighted by atomic mass is 10.1. The first-order valence-electron chi connectivity index (χ1n) is 8.24. The van der Waals surface area contributed by atoms with Gasteiger partial charge in [0.05, 0.1) is 19.2 Å². The van der Waals surface area contributed by atoms with Crippen LogP contribution in [0.25, 0.3) is 0 Å². The zero-order valence-electron chi connectivity index (χ0n) is 15.5. The molecule has 1 unspecified atom stereocenters. The summed E-state index contributed by atoms with van der Waals surface area (Å²) >= 11 is 0. The molecule has 2 atom stereocenters. The van der Waals surface area contributed by atoms with E-state index in [0.717, 1.165) is 0 Å². The van der Waals surface area contributed by atoms with Crippen molar-refractivity contribution in [3.63, 3.8) is 0 Å². The van der Waals surface area contributed by atoms with Crippen LogP contribution in [-0.4, -0.2) is 66.3 Å². The number of hydrogen-bond donors (Lipinski definition) is 2. The summed E-state index contributed by atoms with van der Waals surface area (Å²) in [6, 6.07) is -0.410. The van der Waals surface area contributed by atoms with Crippen LogP contribution < -0.4 is 11.1 Å². The number of rotatable bonds is 10. The normalized spacial score (nSPS) is 13.8. The van der Waals surface area contributed by atoms with E-state index in [1.165, 1.54) is 18.0 Å². The predicted molar refractivity (Wildman–Crippen MR) is 107 cm³/mol. The first-order valence-corrected chi connectivity index (χ1v) is 9.29. The number of nitrogens with one attached hydrogen (secondary N) is 1. The summed E-state index contributed by atoms with van der Waals surface area (Å²) in [6.45, 7) is 6.05. The lowest BCUT2D eigenvalue weighted by Gasteiger charge is -2.30. The van der Waals surface area contributed by atoms with Crippen LogP contribution in [-0.2, 0) is 9.53 Å². The summed E-state index contributed by atoms with van der Waals surface area (Å²) < 4.78 is 4.48. The molecule has 0 fully saturated rings. The van der Waals surface area contributed by atoms with Gasteiger partial charge in [0.2, 0.25) is 5.91 Å². The van der Waals surface area contributed by atoms with E-state index in [1.54, 1.807) is 4.90 Å². The third-order valence-electron chi connectivity index (χ3n) is 3.52. The number of aliphatic imine (C=N–C) groups is 1. The second-order valence-corrected chi connectivity index (χ2v) is 5.83. The largest absolute Gasteiger partial charge is 0.453 e. The van der Waals surface area contributed by atoms with Crippen molar-refractivity contribution in [2.75, 3.05) is 20.2 Å². The van der Waals surface area contributed by atoms with Gasteiger partial charge < -0.3 is 20.7 Å². The molecule has 0 rings (SSSR count). The van der Waals surface area contributed by atoms with E-state index < -0.39 is 6.09 Å². The number of allylic oxidation sites excluding steroid dienone is 1. The van der Waals surface area contributed by atoms with Gasteiger partial charge in [-0.05, 0) is 31.5 Å². The van der Waals surface area contributed by atoms with Gasteiger partial charge in [-0.3, -0.25) is 9.79 Å². The highest BCUT2D eigenvalue weighted by molar-refractivity contribution is 7.94. The van der Waals surface area contributed by atoms with Crippen molar-refractivity contribution in [3.8, 4) is 0 Å². The molecule has 0 saturated heterocycles. The molecule has 0 aliphatic rings. The van der Waals surface area contributed by atoms with E-state index >= 15 is 0 Å². The lowest BCUT2D eigenvalue weighted by Crippen LogP contribution is -2.51. The number of carbonyl (C=O) groups is 2. The summed E-state index contributed by atoms with van der Waals surface area (Å²) in [5.74, 6) is 3.88. The summed E-state index contributed by atoms with van der Waals surface area (Å²) in [5.41, 5.74) is 6.20. The van der Waals surface area contributed by atoms with Crippen LogP contribution in [0.15, 0.2) is 17.1 Å². The van der Waals surface area contributed by atoms with Gasteiger partial charge in [0, 0.05) is 13.0 Å². The molecule has 3 N–H and O–H groups in total. The maximum absolute atomic E-state index is 12.4. The molecule has 25 heavy (non-hydrogen) atoms. The minimum Gasteiger partial charge on any atom is -0.453 e. The third-order valence-corrected chi connectivity index (χ3v) is 3.95. The van der Waals surface area contributed by atoms with Gasteiger partial charge in [-0.2, -0.15) is 10.9 Å². The number of amides is 2. The molecule has 0 saturated carbocycles. The Hall–Kier alpha value is -2.09. The van der Waals surface area contributed by atoms with Crippen LogP contribution >= 0.6 is 10.9 Å². The Labute approximate surface area is 153 Å². The molecule has 0 aromatic heterocycles. The van der Waals surface area contributed by atoms with Gasteiger partial charge in [0.15, 0.2) is 0 Å². The monoisotopic (exact) mass is 370 g/mol. The Morgan fingerprint density at radius 1 is 1.44 bits per heavy atom. The Kier molecular flexibility index (Phi) is 12.1. The van der Waals surface area contributed by atoms with Crippen LogP contribution in [0, 0.1) is 0 Å². The highest BCUT2D eigenvalue weighted by Crippen LogP contribution is 2.08. The van der Waals surface area contributed by atoms with Crippen LogP contribution in [0.4, 0.5) is 4.79 Å². The topological polar surface area (TPSA) is 97.0 Å². The third kappa shape index (κ3) is 8.53. The number of ether oxygens (including phenoxy) is 1. The summed E-state index contributed by atoms with van der Waals surface area (Å²) in [6.07, 6.45) is 4.58. The van der Waals surface area contributed by atoms with Crippen molar-refractivity contribution in [1.82, 2.24) is 10.2 Å². The lowest BCUT2D eigenvalue weighted by molar-refractivity contribution is -0.131. The molecule has 7 nitrogen and oxygen atoms in total. The number of nitrogens with two attached hydrogens (primary N) is 1. The Morgan fingerprint density at radius 3 is 2.60 bits per heavy atom. The first-order chi connectivity index (χ1) is 11.9. The zero-order chi connectivity index (χ0) is 19.2. The molecule has 0 spiro atoms. The molecule has 0 aliphatic heterocycles. The number of carbonyl (C=O) groups excluding carboxylic acids is 2. The smallest absolute Gasteiger partial charge is 0.407 e. The molecule has 8 heteroatoms. The quantitative estimate of drug-likeness (QED) is 0.264. The molecule has 0 heterocycles. The van der Waals surface area contributed by atoms with Crippen LogP contribution in [0.2, 0.25) is 0 Å². The van der Waals surface area contributed by atoms with Gasteiger partial charge in [-0.25, -0.2) is 4.79 Å². The SMILES string of the molecule is C=S=CCC(/C=C\C)N=C(N)[C@H](CC)N(CC)C(=O)CNC(=O)OC. The highest BCUT2D eigenvalue weighted by Gasteiger charge is 2.24. The molecule has 0 aromatic rings. The molecule has 142 valence electrons. The van der Waals surface area contributed by atoms with Crippen molar-refractivity contribution in [2.24, 2.45) is 10.7 Å². The van der Waals surface area contributed by atoms with Crippen molar-refractivity contribution in [3.05, 3.63) is 12.2 Å². The second kappa shape index (κ2) is 13.2. The fourth-order valence-electron chi connectivity index (χ4n) is 2.32. The highest BCUT2D eigenvalue weighted by atomic mass is 32.1. The molecule has 0 radical (unpaired) electrons. The number of amidine groups is 1. The molecular formula is C17H30N4O3S. The van der Waals surface area contributed by atoms with Crippen LogP contribution in [0.3, 0.4) is 0 Å². The zero-order valence-corrected chi connectivity index (χ0v) is 16.3. The standard InChI is InChI=1S/C17H30N4O3S/c1-6-9-13(10-11-25-5)20-16(18)14(7-2)21(8-3)15(22)12-19-17(23)24-4/h6,9,11,13-14H,5,7-8,10,12H2,1-4H3,(H2,18,20)(H,19,23)/b9-6-/t13?,14-/m0/s1. The van der Waals surface area contributed by atoms with Gasteiger partial charge in [0.1, 0.15) is 12.4 Å². The van der Waals surface area contributed by atoms with Crippen molar-refractivity contribution >= 4 is 40.0 Å². The second-order valence-electron chi connectivity index (χ2n) is 5.17. The van der Waals surface area contributed by atoms with Crippen LogP contribution in [0.1, 0.15) is 33.6 Å². The van der Waals surface area contributed by atoms with Gasteiger partial charge in [0.25, 0.3) is 0 Å². The van der Waals surface area contributed by atoms with Crippen molar-refractivity contribution in [1.29, 1.82) is 0 Å². The molecule has 0 aliphatic carbocycles. The fourth-order valence-corrected chi connectivity index (χ4v) is 2.66. The van der Waals surface area contributed by atoms with Gasteiger partial charge in [-0.1, -0.05) is 19.1 Å². The first kappa shape index (κ1) is 22.9. The summed E-state index contributed by atoms with van der Waals surface area (Å²) in [7, 11) is 2.64. The van der Waals surface area contributed by atoms with E-state index in [9.17, 15) is 9.59 Å². The van der Waals surface area contributed by atoms with E-state index in [0.29, 0.717) is 25.2 Å². The number of likely N-dealkylation sites (N-methyl/N-ethyl adjacent to an activating group) is 1. The minimum atomic E-state index is -0.645. The maximum Gasteiger partial charge on any atom is 0.407 e. The summed E-state index contributed by atoms with van der Waals surface area (Å²) in [5, 5.41) is 4.36. The van der Waals surface area contributed by atoms with Gasteiger partial charge in [-0.15, -0.1) is 0 Å². The summed E-state index contributed by atoms with van der Waals surface area (Å²) in [4.78, 5) is 29.7. The van der Waals surface area contributed by atoms with Crippen LogP contribution in [0.5, 0.6) is 0 Å². The number of alkyl carbamates (subject to hydrolysis) is 1. The fraction of sp³-hybridized carbons (Fsp3) is 0.588. The Balaban J connectivity index is 5.25. The minimum absolute atomic E-state index is 0.0877.